The van der Waals surface area contributed by atoms with Gasteiger partial charge in [0.1, 0.15) is 5.82 Å². The molecule has 2 aromatic rings. The van der Waals surface area contributed by atoms with Crippen LogP contribution in [-0.2, 0) is 13.1 Å². The Bertz CT molecular complexity index is 643. The Labute approximate surface area is 161 Å². The van der Waals surface area contributed by atoms with Crippen LogP contribution in [0, 0.1) is 0 Å². The third kappa shape index (κ3) is 5.99. The first-order valence-corrected chi connectivity index (χ1v) is 7.68. The van der Waals surface area contributed by atoms with Gasteiger partial charge < -0.3 is 15.1 Å². The van der Waals surface area contributed by atoms with E-state index in [1.165, 1.54) is 11.1 Å². The largest absolute Gasteiger partial charge is 0.363 e. The molecule has 2 rings (SSSR count). The first-order valence-electron chi connectivity index (χ1n) is 7.68. The summed E-state index contributed by atoms with van der Waals surface area (Å²) in [4.78, 5) is 12.8. The van der Waals surface area contributed by atoms with Crippen LogP contribution >= 0.6 is 24.0 Å². The van der Waals surface area contributed by atoms with Crippen LogP contribution < -0.4 is 10.2 Å². The molecular formula is C18H26IN5. The number of hydrogen-bond acceptors (Lipinski definition) is 3. The van der Waals surface area contributed by atoms with Crippen molar-refractivity contribution in [1.29, 1.82) is 0 Å². The van der Waals surface area contributed by atoms with E-state index in [0.29, 0.717) is 0 Å². The minimum Gasteiger partial charge on any atom is -0.363 e. The van der Waals surface area contributed by atoms with E-state index in [4.69, 9.17) is 0 Å². The van der Waals surface area contributed by atoms with Gasteiger partial charge in [0.05, 0.1) is 0 Å². The molecule has 0 radical (unpaired) electrons. The highest BCUT2D eigenvalue weighted by Gasteiger charge is 2.07. The fraction of sp³-hybridized carbons (Fsp3) is 0.333. The molecule has 1 aromatic carbocycles. The van der Waals surface area contributed by atoms with Crippen molar-refractivity contribution in [2.24, 2.45) is 4.99 Å². The van der Waals surface area contributed by atoms with E-state index in [9.17, 15) is 0 Å². The molecule has 0 spiro atoms. The number of nitrogens with one attached hydrogen (secondary N) is 1. The third-order valence-corrected chi connectivity index (χ3v) is 3.55. The van der Waals surface area contributed by atoms with Crippen molar-refractivity contribution >= 4 is 35.8 Å². The van der Waals surface area contributed by atoms with E-state index in [0.717, 1.165) is 24.9 Å². The summed E-state index contributed by atoms with van der Waals surface area (Å²) in [7, 11) is 7.83. The number of rotatable bonds is 5. The molecule has 0 unspecified atom stereocenters. The molecule has 0 atom stereocenters. The lowest BCUT2D eigenvalue weighted by Gasteiger charge is -2.22. The SMILES string of the molecule is CN=C(NCc1ccnc(N(C)C)c1)N(C)Cc1ccccc1.I. The molecule has 0 aliphatic carbocycles. The van der Waals surface area contributed by atoms with Gasteiger partial charge in [-0.3, -0.25) is 4.99 Å². The number of aromatic nitrogens is 1. The molecule has 6 heteroatoms. The van der Waals surface area contributed by atoms with Crippen molar-refractivity contribution in [2.75, 3.05) is 33.1 Å². The van der Waals surface area contributed by atoms with E-state index in [-0.39, 0.29) is 24.0 Å². The molecule has 0 saturated heterocycles. The Hall–Kier alpha value is -1.83. The minimum atomic E-state index is 0. The first kappa shape index (κ1) is 20.2. The normalized spacial score (nSPS) is 10.8. The monoisotopic (exact) mass is 439 g/mol. The lowest BCUT2D eigenvalue weighted by atomic mass is 10.2. The van der Waals surface area contributed by atoms with Crippen LogP contribution in [0.4, 0.5) is 5.82 Å². The zero-order valence-electron chi connectivity index (χ0n) is 14.7. The van der Waals surface area contributed by atoms with Crippen LogP contribution in [-0.4, -0.2) is 44.0 Å². The van der Waals surface area contributed by atoms with Crippen molar-refractivity contribution < 1.29 is 0 Å². The van der Waals surface area contributed by atoms with E-state index in [2.05, 4.69) is 50.5 Å². The maximum atomic E-state index is 4.36. The molecule has 130 valence electrons. The molecule has 0 fully saturated rings. The summed E-state index contributed by atoms with van der Waals surface area (Å²) in [5, 5.41) is 3.40. The number of aliphatic imine (C=N–C) groups is 1. The minimum absolute atomic E-state index is 0. The fourth-order valence-corrected chi connectivity index (χ4v) is 2.31. The summed E-state index contributed by atoms with van der Waals surface area (Å²) in [6, 6.07) is 14.5. The van der Waals surface area contributed by atoms with Crippen molar-refractivity contribution in [1.82, 2.24) is 15.2 Å². The number of halogens is 1. The van der Waals surface area contributed by atoms with Crippen LogP contribution in [0.15, 0.2) is 53.7 Å². The van der Waals surface area contributed by atoms with Gasteiger partial charge in [-0.1, -0.05) is 30.3 Å². The zero-order chi connectivity index (χ0) is 16.7. The summed E-state index contributed by atoms with van der Waals surface area (Å²) in [6.45, 7) is 1.54. The van der Waals surface area contributed by atoms with Crippen LogP contribution in [0.5, 0.6) is 0 Å². The van der Waals surface area contributed by atoms with Gasteiger partial charge in [0.2, 0.25) is 0 Å². The maximum Gasteiger partial charge on any atom is 0.193 e. The number of benzene rings is 1. The van der Waals surface area contributed by atoms with Gasteiger partial charge >= 0.3 is 0 Å². The standard InChI is InChI=1S/C18H25N5.HI/c1-19-18(23(4)14-15-8-6-5-7-9-15)21-13-16-10-11-20-17(12-16)22(2)3;/h5-12H,13-14H2,1-4H3,(H,19,21);1H. The second-order valence-corrected chi connectivity index (χ2v) is 5.66. The zero-order valence-corrected chi connectivity index (χ0v) is 17.1. The molecular weight excluding hydrogens is 413 g/mol. The third-order valence-electron chi connectivity index (χ3n) is 3.55. The van der Waals surface area contributed by atoms with Gasteiger partial charge in [0, 0.05) is 47.5 Å². The van der Waals surface area contributed by atoms with Crippen LogP contribution in [0.3, 0.4) is 0 Å². The topological polar surface area (TPSA) is 43.8 Å². The average Bonchev–Trinajstić information content (AvgIpc) is 2.56. The highest BCUT2D eigenvalue weighted by atomic mass is 127. The number of anilines is 1. The van der Waals surface area contributed by atoms with Crippen LogP contribution in [0.25, 0.3) is 0 Å². The lowest BCUT2D eigenvalue weighted by molar-refractivity contribution is 0.476. The Morgan fingerprint density at radius 3 is 2.42 bits per heavy atom. The summed E-state index contributed by atoms with van der Waals surface area (Å²) >= 11 is 0. The summed E-state index contributed by atoms with van der Waals surface area (Å²) in [5.41, 5.74) is 2.44. The van der Waals surface area contributed by atoms with Gasteiger partial charge in [-0.15, -0.1) is 24.0 Å². The second kappa shape index (κ2) is 10.1. The Balaban J connectivity index is 0.00000288. The van der Waals surface area contributed by atoms with E-state index < -0.39 is 0 Å². The molecule has 1 aromatic heterocycles. The van der Waals surface area contributed by atoms with Crippen molar-refractivity contribution in [2.45, 2.75) is 13.1 Å². The van der Waals surface area contributed by atoms with Crippen molar-refractivity contribution in [3.05, 3.63) is 59.8 Å². The van der Waals surface area contributed by atoms with Crippen LogP contribution in [0.1, 0.15) is 11.1 Å². The first-order chi connectivity index (χ1) is 11.1. The molecule has 0 amide bonds. The Morgan fingerprint density at radius 1 is 1.08 bits per heavy atom. The van der Waals surface area contributed by atoms with Crippen molar-refractivity contribution in [3.8, 4) is 0 Å². The molecule has 0 saturated carbocycles. The van der Waals surface area contributed by atoms with E-state index >= 15 is 0 Å². The number of hydrogen-bond donors (Lipinski definition) is 1. The molecule has 1 heterocycles. The fourth-order valence-electron chi connectivity index (χ4n) is 2.31. The Morgan fingerprint density at radius 2 is 1.79 bits per heavy atom. The quantitative estimate of drug-likeness (QED) is 0.442. The number of nitrogens with zero attached hydrogens (tertiary/aromatic N) is 4. The molecule has 0 aliphatic heterocycles. The molecule has 0 aliphatic rings. The molecule has 0 bridgehead atoms. The summed E-state index contributed by atoms with van der Waals surface area (Å²) < 4.78 is 0. The highest BCUT2D eigenvalue weighted by molar-refractivity contribution is 14.0. The highest BCUT2D eigenvalue weighted by Crippen LogP contribution is 2.09. The number of guanidine groups is 1. The van der Waals surface area contributed by atoms with Crippen LogP contribution in [0.2, 0.25) is 0 Å². The predicted octanol–water partition coefficient (Wildman–Crippen LogP) is 2.97. The van der Waals surface area contributed by atoms with Gasteiger partial charge in [0.15, 0.2) is 5.96 Å². The predicted molar refractivity (Wildman–Crippen MR) is 112 cm³/mol. The van der Waals surface area contributed by atoms with E-state index in [1.807, 2.05) is 51.4 Å². The summed E-state index contributed by atoms with van der Waals surface area (Å²) in [5.74, 6) is 1.83. The molecule has 5 nitrogen and oxygen atoms in total. The molecule has 24 heavy (non-hydrogen) atoms. The number of pyridine rings is 1. The summed E-state index contributed by atoms with van der Waals surface area (Å²) in [6.07, 6.45) is 1.84. The van der Waals surface area contributed by atoms with Gasteiger partial charge in [-0.2, -0.15) is 0 Å². The lowest BCUT2D eigenvalue weighted by Crippen LogP contribution is -2.38. The second-order valence-electron chi connectivity index (χ2n) is 5.66. The molecule has 1 N–H and O–H groups in total. The van der Waals surface area contributed by atoms with E-state index in [1.54, 1.807) is 0 Å². The average molecular weight is 439 g/mol. The smallest absolute Gasteiger partial charge is 0.193 e. The maximum absolute atomic E-state index is 4.36. The van der Waals surface area contributed by atoms with Crippen molar-refractivity contribution in [3.63, 3.8) is 0 Å². The Kier molecular flexibility index (Phi) is 8.53. The van der Waals surface area contributed by atoms with Gasteiger partial charge in [0.25, 0.3) is 0 Å². The van der Waals surface area contributed by atoms with Gasteiger partial charge in [-0.05, 0) is 23.3 Å². The van der Waals surface area contributed by atoms with Gasteiger partial charge in [-0.25, -0.2) is 4.98 Å².